The van der Waals surface area contributed by atoms with Gasteiger partial charge in [0.2, 0.25) is 0 Å². The van der Waals surface area contributed by atoms with Crippen LogP contribution in [-0.2, 0) is 6.42 Å². The van der Waals surface area contributed by atoms with Crippen molar-refractivity contribution in [1.82, 2.24) is 5.16 Å². The summed E-state index contributed by atoms with van der Waals surface area (Å²) in [6.45, 7) is 2.00. The molecule has 0 unspecified atom stereocenters. The molecule has 1 aromatic heterocycles. The first-order valence-electron chi connectivity index (χ1n) is 4.62. The van der Waals surface area contributed by atoms with Crippen molar-refractivity contribution in [3.8, 4) is 11.3 Å². The highest BCUT2D eigenvalue weighted by Gasteiger charge is 2.12. The second-order valence-corrected chi connectivity index (χ2v) is 3.94. The van der Waals surface area contributed by atoms with E-state index < -0.39 is 0 Å². The fourth-order valence-electron chi connectivity index (χ4n) is 1.34. The van der Waals surface area contributed by atoms with E-state index in [-0.39, 0.29) is 0 Å². The fourth-order valence-corrected chi connectivity index (χ4v) is 1.93. The van der Waals surface area contributed by atoms with Crippen LogP contribution in [0.2, 0.25) is 10.0 Å². The Morgan fingerprint density at radius 1 is 1.27 bits per heavy atom. The molecule has 0 radical (unpaired) electrons. The largest absolute Gasteiger partial charge is 0.361 e. The van der Waals surface area contributed by atoms with Gasteiger partial charge in [-0.3, -0.25) is 0 Å². The molecule has 0 saturated heterocycles. The molecule has 0 saturated carbocycles. The summed E-state index contributed by atoms with van der Waals surface area (Å²) < 4.78 is 5.11. The minimum absolute atomic E-state index is 0.582. The molecule has 0 atom stereocenters. The third-order valence-corrected chi connectivity index (χ3v) is 2.76. The van der Waals surface area contributed by atoms with Crippen molar-refractivity contribution in [2.45, 2.75) is 13.3 Å². The summed E-state index contributed by atoms with van der Waals surface area (Å²) in [4.78, 5) is 0. The van der Waals surface area contributed by atoms with Gasteiger partial charge in [-0.05, 0) is 12.1 Å². The van der Waals surface area contributed by atoms with Crippen LogP contribution in [0.25, 0.3) is 11.3 Å². The SMILES string of the molecule is CCc1cc(-c2c(Cl)cccc2Cl)no1. The molecule has 0 amide bonds. The van der Waals surface area contributed by atoms with E-state index in [0.717, 1.165) is 17.7 Å². The minimum atomic E-state index is 0.582. The van der Waals surface area contributed by atoms with E-state index in [1.807, 2.05) is 13.0 Å². The van der Waals surface area contributed by atoms with E-state index in [0.29, 0.717) is 15.7 Å². The van der Waals surface area contributed by atoms with Crippen molar-refractivity contribution in [2.24, 2.45) is 0 Å². The van der Waals surface area contributed by atoms with Crippen LogP contribution >= 0.6 is 23.2 Å². The van der Waals surface area contributed by atoms with Gasteiger partial charge in [0.05, 0.1) is 10.0 Å². The third kappa shape index (κ3) is 2.01. The number of hydrogen-bond acceptors (Lipinski definition) is 2. The normalized spacial score (nSPS) is 10.6. The number of rotatable bonds is 2. The van der Waals surface area contributed by atoms with Crippen LogP contribution in [0.3, 0.4) is 0 Å². The Kier molecular flexibility index (Phi) is 2.98. The average molecular weight is 242 g/mol. The molecule has 0 fully saturated rings. The second-order valence-electron chi connectivity index (χ2n) is 3.13. The van der Waals surface area contributed by atoms with E-state index >= 15 is 0 Å². The van der Waals surface area contributed by atoms with Gasteiger partial charge in [0.15, 0.2) is 0 Å². The van der Waals surface area contributed by atoms with Gasteiger partial charge in [-0.15, -0.1) is 0 Å². The van der Waals surface area contributed by atoms with Crippen LogP contribution in [0.15, 0.2) is 28.8 Å². The lowest BCUT2D eigenvalue weighted by atomic mass is 10.1. The van der Waals surface area contributed by atoms with Crippen molar-refractivity contribution in [3.05, 3.63) is 40.1 Å². The van der Waals surface area contributed by atoms with Crippen LogP contribution in [0, 0.1) is 0 Å². The molecule has 2 nitrogen and oxygen atoms in total. The fraction of sp³-hybridized carbons (Fsp3) is 0.182. The molecule has 2 aromatic rings. The zero-order chi connectivity index (χ0) is 10.8. The van der Waals surface area contributed by atoms with E-state index in [1.54, 1.807) is 18.2 Å². The zero-order valence-corrected chi connectivity index (χ0v) is 9.64. The predicted octanol–water partition coefficient (Wildman–Crippen LogP) is 4.21. The quantitative estimate of drug-likeness (QED) is 0.788. The smallest absolute Gasteiger partial charge is 0.137 e. The maximum absolute atomic E-state index is 6.05. The van der Waals surface area contributed by atoms with E-state index in [2.05, 4.69) is 5.16 Å². The summed E-state index contributed by atoms with van der Waals surface area (Å²) in [7, 11) is 0. The predicted molar refractivity (Wildman–Crippen MR) is 61.3 cm³/mol. The Morgan fingerprint density at radius 3 is 2.47 bits per heavy atom. The zero-order valence-electron chi connectivity index (χ0n) is 8.13. The van der Waals surface area contributed by atoms with Crippen molar-refractivity contribution >= 4 is 23.2 Å². The summed E-state index contributed by atoms with van der Waals surface area (Å²) in [5, 5.41) is 5.10. The number of aromatic nitrogens is 1. The number of halogens is 2. The van der Waals surface area contributed by atoms with Crippen LogP contribution in [0.1, 0.15) is 12.7 Å². The molecular weight excluding hydrogens is 233 g/mol. The van der Waals surface area contributed by atoms with E-state index in [4.69, 9.17) is 27.7 Å². The van der Waals surface area contributed by atoms with Crippen LogP contribution in [0.4, 0.5) is 0 Å². The van der Waals surface area contributed by atoms with Crippen molar-refractivity contribution in [3.63, 3.8) is 0 Å². The molecule has 15 heavy (non-hydrogen) atoms. The molecule has 2 rings (SSSR count). The molecule has 1 aromatic carbocycles. The lowest BCUT2D eigenvalue weighted by molar-refractivity contribution is 0.389. The highest BCUT2D eigenvalue weighted by Crippen LogP contribution is 2.33. The molecule has 0 spiro atoms. The average Bonchev–Trinajstić information content (AvgIpc) is 2.66. The number of hydrogen-bond donors (Lipinski definition) is 0. The van der Waals surface area contributed by atoms with Gasteiger partial charge in [0.25, 0.3) is 0 Å². The number of nitrogens with zero attached hydrogens (tertiary/aromatic N) is 1. The van der Waals surface area contributed by atoms with Gasteiger partial charge >= 0.3 is 0 Å². The van der Waals surface area contributed by atoms with Crippen molar-refractivity contribution in [1.29, 1.82) is 0 Å². The summed E-state index contributed by atoms with van der Waals surface area (Å²) in [5.41, 5.74) is 1.41. The van der Waals surface area contributed by atoms with Crippen LogP contribution < -0.4 is 0 Å². The summed E-state index contributed by atoms with van der Waals surface area (Å²) in [5.74, 6) is 0.820. The molecule has 1 heterocycles. The van der Waals surface area contributed by atoms with Gasteiger partial charge in [-0.2, -0.15) is 0 Å². The summed E-state index contributed by atoms with van der Waals surface area (Å²) in [6, 6.07) is 7.22. The Morgan fingerprint density at radius 2 is 1.93 bits per heavy atom. The molecule has 0 aliphatic carbocycles. The Balaban J connectivity index is 2.53. The summed E-state index contributed by atoms with van der Waals surface area (Å²) in [6.07, 6.45) is 0.801. The Labute approximate surface area is 97.8 Å². The first kappa shape index (κ1) is 10.5. The third-order valence-electron chi connectivity index (χ3n) is 2.13. The Bertz CT molecular complexity index is 459. The van der Waals surface area contributed by atoms with Gasteiger partial charge < -0.3 is 4.52 Å². The molecule has 0 aliphatic heterocycles. The summed E-state index contributed by atoms with van der Waals surface area (Å²) >= 11 is 12.1. The van der Waals surface area contributed by atoms with Gasteiger partial charge in [0, 0.05) is 18.1 Å². The molecule has 4 heteroatoms. The van der Waals surface area contributed by atoms with Crippen LogP contribution in [0.5, 0.6) is 0 Å². The van der Waals surface area contributed by atoms with Crippen molar-refractivity contribution in [2.75, 3.05) is 0 Å². The maximum Gasteiger partial charge on any atom is 0.137 e. The minimum Gasteiger partial charge on any atom is -0.361 e. The maximum atomic E-state index is 6.05. The van der Waals surface area contributed by atoms with E-state index in [1.165, 1.54) is 0 Å². The highest BCUT2D eigenvalue weighted by atomic mass is 35.5. The second kappa shape index (κ2) is 4.25. The topological polar surface area (TPSA) is 26.0 Å². The highest BCUT2D eigenvalue weighted by molar-refractivity contribution is 6.39. The van der Waals surface area contributed by atoms with Crippen LogP contribution in [-0.4, -0.2) is 5.16 Å². The standard InChI is InChI=1S/C11H9Cl2NO/c1-2-7-6-10(14-15-7)11-8(12)4-3-5-9(11)13/h3-6H,2H2,1H3. The number of benzene rings is 1. The molecule has 0 aliphatic rings. The van der Waals surface area contributed by atoms with Gasteiger partial charge in [-0.1, -0.05) is 41.3 Å². The number of aryl methyl sites for hydroxylation is 1. The first-order chi connectivity index (χ1) is 7.22. The molecule has 78 valence electrons. The van der Waals surface area contributed by atoms with E-state index in [9.17, 15) is 0 Å². The monoisotopic (exact) mass is 241 g/mol. The first-order valence-corrected chi connectivity index (χ1v) is 5.38. The van der Waals surface area contributed by atoms with Gasteiger partial charge in [-0.25, -0.2) is 0 Å². The molecule has 0 bridgehead atoms. The lowest BCUT2D eigenvalue weighted by Gasteiger charge is -2.01. The molecular formula is C11H9Cl2NO. The van der Waals surface area contributed by atoms with Crippen molar-refractivity contribution < 1.29 is 4.52 Å². The lowest BCUT2D eigenvalue weighted by Crippen LogP contribution is -1.80. The molecule has 0 N–H and O–H groups in total. The van der Waals surface area contributed by atoms with Gasteiger partial charge in [0.1, 0.15) is 11.5 Å². The Hall–Kier alpha value is -0.990.